The van der Waals surface area contributed by atoms with Gasteiger partial charge in [0.05, 0.1) is 12.7 Å². The van der Waals surface area contributed by atoms with E-state index in [1.807, 2.05) is 0 Å². The Labute approximate surface area is 97.3 Å². The fraction of sp³-hybridized carbons (Fsp3) is 0.333. The summed E-state index contributed by atoms with van der Waals surface area (Å²) in [5.41, 5.74) is 0.104. The molecule has 0 spiro atoms. The quantitative estimate of drug-likeness (QED) is 0.594. The number of hydrogen-bond donors (Lipinski definition) is 0. The Morgan fingerprint density at radius 1 is 1.53 bits per heavy atom. The monoisotopic (exact) mass is 238 g/mol. The van der Waals surface area contributed by atoms with Crippen LogP contribution in [0.4, 0.5) is 4.39 Å². The fourth-order valence-electron chi connectivity index (χ4n) is 1.76. The fourth-order valence-corrected chi connectivity index (χ4v) is 1.76. The van der Waals surface area contributed by atoms with E-state index in [0.29, 0.717) is 6.42 Å². The first-order valence-electron chi connectivity index (χ1n) is 5.19. The van der Waals surface area contributed by atoms with Crippen LogP contribution in [-0.2, 0) is 9.53 Å². The largest absolute Gasteiger partial charge is 0.496 e. The lowest BCUT2D eigenvalue weighted by Crippen LogP contribution is -2.21. The van der Waals surface area contributed by atoms with Crippen LogP contribution in [0.15, 0.2) is 18.2 Å². The highest BCUT2D eigenvalue weighted by atomic mass is 19.1. The average Bonchev–Trinajstić information content (AvgIpc) is 2.75. The van der Waals surface area contributed by atoms with E-state index in [1.54, 1.807) is 0 Å². The molecule has 0 aromatic heterocycles. The molecule has 1 heterocycles. The van der Waals surface area contributed by atoms with Crippen molar-refractivity contribution in [1.82, 2.24) is 0 Å². The van der Waals surface area contributed by atoms with Gasteiger partial charge in [0.25, 0.3) is 0 Å². The second-order valence-corrected chi connectivity index (χ2v) is 3.73. The molecule has 4 nitrogen and oxygen atoms in total. The van der Waals surface area contributed by atoms with Crippen LogP contribution in [0.25, 0.3) is 0 Å². The maximum Gasteiger partial charge on any atom is 0.306 e. The topological polar surface area (TPSA) is 52.6 Å². The molecule has 1 unspecified atom stereocenters. The normalized spacial score (nSPS) is 18.9. The van der Waals surface area contributed by atoms with E-state index in [-0.39, 0.29) is 17.7 Å². The van der Waals surface area contributed by atoms with Gasteiger partial charge in [0.2, 0.25) is 5.78 Å². The lowest BCUT2D eigenvalue weighted by atomic mass is 10.0. The standard InChI is InChI=1S/C12H11FO4/c1-16-9-3-2-7(13)6-8(9)12(15)10-4-5-11(14)17-10/h2-3,6,10H,4-5H2,1H3. The van der Waals surface area contributed by atoms with Gasteiger partial charge in [0.1, 0.15) is 11.6 Å². The number of carbonyl (C=O) groups is 2. The van der Waals surface area contributed by atoms with Crippen molar-refractivity contribution in [2.75, 3.05) is 7.11 Å². The Kier molecular flexibility index (Phi) is 3.08. The van der Waals surface area contributed by atoms with Crippen LogP contribution in [0.2, 0.25) is 0 Å². The third-order valence-corrected chi connectivity index (χ3v) is 2.60. The van der Waals surface area contributed by atoms with Gasteiger partial charge in [-0.15, -0.1) is 0 Å². The van der Waals surface area contributed by atoms with Crippen molar-refractivity contribution in [2.45, 2.75) is 18.9 Å². The van der Waals surface area contributed by atoms with Crippen LogP contribution < -0.4 is 4.74 Å². The molecule has 2 rings (SSSR count). The van der Waals surface area contributed by atoms with Gasteiger partial charge >= 0.3 is 5.97 Å². The van der Waals surface area contributed by atoms with Crippen LogP contribution in [-0.4, -0.2) is 25.0 Å². The van der Waals surface area contributed by atoms with Crippen molar-refractivity contribution in [1.29, 1.82) is 0 Å². The van der Waals surface area contributed by atoms with E-state index >= 15 is 0 Å². The zero-order valence-electron chi connectivity index (χ0n) is 9.23. The van der Waals surface area contributed by atoms with Crippen LogP contribution in [0.3, 0.4) is 0 Å². The highest BCUT2D eigenvalue weighted by Gasteiger charge is 2.32. The molecular formula is C12H11FO4. The third-order valence-electron chi connectivity index (χ3n) is 2.60. The smallest absolute Gasteiger partial charge is 0.306 e. The van der Waals surface area contributed by atoms with Gasteiger partial charge in [-0.1, -0.05) is 0 Å². The summed E-state index contributed by atoms with van der Waals surface area (Å²) < 4.78 is 22.9. The Morgan fingerprint density at radius 2 is 2.29 bits per heavy atom. The Bertz CT molecular complexity index is 470. The Balaban J connectivity index is 2.29. The molecule has 1 atom stereocenters. The molecule has 1 aliphatic heterocycles. The minimum atomic E-state index is -0.821. The molecule has 0 aliphatic carbocycles. The van der Waals surface area contributed by atoms with Gasteiger partial charge in [-0.05, 0) is 18.2 Å². The summed E-state index contributed by atoms with van der Waals surface area (Å²) in [6.07, 6.45) is -0.274. The average molecular weight is 238 g/mol. The summed E-state index contributed by atoms with van der Waals surface area (Å²) in [5.74, 6) is -1.08. The molecule has 90 valence electrons. The highest BCUT2D eigenvalue weighted by Crippen LogP contribution is 2.25. The second-order valence-electron chi connectivity index (χ2n) is 3.73. The summed E-state index contributed by atoms with van der Waals surface area (Å²) in [5, 5.41) is 0. The van der Waals surface area contributed by atoms with E-state index in [1.165, 1.54) is 19.2 Å². The number of hydrogen-bond acceptors (Lipinski definition) is 4. The van der Waals surface area contributed by atoms with Crippen molar-refractivity contribution in [3.05, 3.63) is 29.6 Å². The van der Waals surface area contributed by atoms with Gasteiger partial charge in [-0.25, -0.2) is 4.39 Å². The minimum Gasteiger partial charge on any atom is -0.496 e. The molecule has 0 bridgehead atoms. The predicted octanol–water partition coefficient (Wildman–Crippen LogP) is 1.72. The first kappa shape index (κ1) is 11.6. The second kappa shape index (κ2) is 4.53. The minimum absolute atomic E-state index is 0.104. The first-order valence-corrected chi connectivity index (χ1v) is 5.19. The maximum atomic E-state index is 13.1. The van der Waals surface area contributed by atoms with Crippen LogP contribution in [0.5, 0.6) is 5.75 Å². The SMILES string of the molecule is COc1ccc(F)cc1C(=O)C1CCC(=O)O1. The number of Topliss-reactive ketones (excluding diaryl/α,β-unsaturated/α-hetero) is 1. The lowest BCUT2D eigenvalue weighted by Gasteiger charge is -2.11. The van der Waals surface area contributed by atoms with E-state index in [0.717, 1.165) is 6.07 Å². The molecule has 5 heteroatoms. The molecule has 17 heavy (non-hydrogen) atoms. The zero-order valence-corrected chi connectivity index (χ0v) is 9.23. The molecule has 0 amide bonds. The maximum absolute atomic E-state index is 13.1. The third kappa shape index (κ3) is 2.27. The number of rotatable bonds is 3. The zero-order chi connectivity index (χ0) is 12.4. The number of ether oxygens (including phenoxy) is 2. The highest BCUT2D eigenvalue weighted by molar-refractivity contribution is 6.03. The molecule has 0 saturated carbocycles. The summed E-state index contributed by atoms with van der Waals surface area (Å²) in [4.78, 5) is 22.9. The van der Waals surface area contributed by atoms with Gasteiger partial charge < -0.3 is 9.47 Å². The van der Waals surface area contributed by atoms with Gasteiger partial charge in [0, 0.05) is 12.8 Å². The van der Waals surface area contributed by atoms with Crippen LogP contribution in [0.1, 0.15) is 23.2 Å². The van der Waals surface area contributed by atoms with E-state index < -0.39 is 23.7 Å². The number of benzene rings is 1. The van der Waals surface area contributed by atoms with Crippen molar-refractivity contribution < 1.29 is 23.5 Å². The Morgan fingerprint density at radius 3 is 2.88 bits per heavy atom. The number of carbonyl (C=O) groups excluding carboxylic acids is 2. The Hall–Kier alpha value is -1.91. The number of ketones is 1. The number of halogens is 1. The van der Waals surface area contributed by atoms with Gasteiger partial charge in [0.15, 0.2) is 6.10 Å². The molecule has 0 N–H and O–H groups in total. The van der Waals surface area contributed by atoms with Crippen molar-refractivity contribution in [3.63, 3.8) is 0 Å². The molecule has 1 aromatic carbocycles. The van der Waals surface area contributed by atoms with E-state index in [4.69, 9.17) is 9.47 Å². The van der Waals surface area contributed by atoms with Gasteiger partial charge in [-0.2, -0.15) is 0 Å². The van der Waals surface area contributed by atoms with Crippen molar-refractivity contribution >= 4 is 11.8 Å². The van der Waals surface area contributed by atoms with Crippen LogP contribution >= 0.6 is 0 Å². The summed E-state index contributed by atoms with van der Waals surface area (Å²) in [6, 6.07) is 3.67. The van der Waals surface area contributed by atoms with Crippen molar-refractivity contribution in [2.24, 2.45) is 0 Å². The summed E-state index contributed by atoms with van der Waals surface area (Å²) >= 11 is 0. The van der Waals surface area contributed by atoms with Crippen LogP contribution in [0, 0.1) is 5.82 Å². The molecule has 1 saturated heterocycles. The van der Waals surface area contributed by atoms with E-state index in [2.05, 4.69) is 0 Å². The summed E-state index contributed by atoms with van der Waals surface area (Å²) in [7, 11) is 1.39. The lowest BCUT2D eigenvalue weighted by molar-refractivity contribution is -0.140. The van der Waals surface area contributed by atoms with Gasteiger partial charge in [-0.3, -0.25) is 9.59 Å². The molecule has 1 fully saturated rings. The summed E-state index contributed by atoms with van der Waals surface area (Å²) in [6.45, 7) is 0. The van der Waals surface area contributed by atoms with Crippen molar-refractivity contribution in [3.8, 4) is 5.75 Å². The molecule has 1 aromatic rings. The first-order chi connectivity index (χ1) is 8.11. The predicted molar refractivity (Wildman–Crippen MR) is 56.4 cm³/mol. The number of methoxy groups -OCH3 is 1. The number of esters is 1. The molecule has 1 aliphatic rings. The molecular weight excluding hydrogens is 227 g/mol. The number of cyclic esters (lactones) is 1. The molecule has 0 radical (unpaired) electrons. The van der Waals surface area contributed by atoms with E-state index in [9.17, 15) is 14.0 Å².